The average Bonchev–Trinajstić information content (AvgIpc) is 2.76. The maximum atomic E-state index is 13.9. The van der Waals surface area contributed by atoms with Crippen LogP contribution in [0.2, 0.25) is 0 Å². The molecule has 0 aromatic heterocycles. The second-order valence-electron chi connectivity index (χ2n) is 4.25. The Balaban J connectivity index is 2.32. The number of ether oxygens (including phenoxy) is 1. The zero-order valence-corrected chi connectivity index (χ0v) is 10.8. The van der Waals surface area contributed by atoms with Gasteiger partial charge in [-0.25, -0.2) is 8.78 Å². The highest BCUT2D eigenvalue weighted by molar-refractivity contribution is 7.80. The minimum absolute atomic E-state index is 0.0130. The summed E-state index contributed by atoms with van der Waals surface area (Å²) in [4.78, 5) is 1.62. The highest BCUT2D eigenvalue weighted by Crippen LogP contribution is 2.28. The topological polar surface area (TPSA) is 38.5 Å². The van der Waals surface area contributed by atoms with Gasteiger partial charge in [-0.3, -0.25) is 0 Å². The zero-order chi connectivity index (χ0) is 13.3. The minimum Gasteiger partial charge on any atom is -0.389 e. The zero-order valence-electron chi connectivity index (χ0n) is 9.95. The summed E-state index contributed by atoms with van der Waals surface area (Å²) in [5, 5.41) is 0. The molecule has 1 aliphatic heterocycles. The van der Waals surface area contributed by atoms with Crippen molar-refractivity contribution in [2.24, 2.45) is 5.73 Å². The molecule has 1 heterocycles. The summed E-state index contributed by atoms with van der Waals surface area (Å²) in [6.45, 7) is 1.05. The van der Waals surface area contributed by atoms with E-state index in [1.807, 2.05) is 0 Å². The first-order valence-electron chi connectivity index (χ1n) is 5.59. The molecule has 1 saturated heterocycles. The van der Waals surface area contributed by atoms with Crippen LogP contribution in [-0.2, 0) is 4.74 Å². The lowest BCUT2D eigenvalue weighted by Crippen LogP contribution is -2.24. The Bertz CT molecular complexity index is 458. The van der Waals surface area contributed by atoms with E-state index in [9.17, 15) is 8.78 Å². The lowest BCUT2D eigenvalue weighted by molar-refractivity contribution is 0.121. The smallest absolute Gasteiger partial charge is 0.150 e. The van der Waals surface area contributed by atoms with Gasteiger partial charge in [0, 0.05) is 25.8 Å². The van der Waals surface area contributed by atoms with Crippen molar-refractivity contribution in [1.82, 2.24) is 0 Å². The van der Waals surface area contributed by atoms with E-state index in [4.69, 9.17) is 22.7 Å². The number of methoxy groups -OCH3 is 1. The number of anilines is 1. The molecule has 0 saturated carbocycles. The first-order valence-corrected chi connectivity index (χ1v) is 6.00. The Kier molecular flexibility index (Phi) is 3.77. The molecule has 1 fully saturated rings. The van der Waals surface area contributed by atoms with Crippen LogP contribution in [0.3, 0.4) is 0 Å². The number of nitrogens with two attached hydrogens (primary N) is 1. The standard InChI is InChI=1S/C12H14F2N2OS/c1-17-8-2-3-16(6-8)11-9(13)4-7(12(15)18)5-10(11)14/h4-5,8H,2-3,6H2,1H3,(H2,15,18). The molecule has 2 N–H and O–H groups in total. The van der Waals surface area contributed by atoms with E-state index < -0.39 is 11.6 Å². The van der Waals surface area contributed by atoms with Crippen LogP contribution in [0.1, 0.15) is 12.0 Å². The van der Waals surface area contributed by atoms with Crippen molar-refractivity contribution in [3.05, 3.63) is 29.3 Å². The predicted molar refractivity (Wildman–Crippen MR) is 69.9 cm³/mol. The summed E-state index contributed by atoms with van der Waals surface area (Å²) in [7, 11) is 1.59. The van der Waals surface area contributed by atoms with Crippen molar-refractivity contribution < 1.29 is 13.5 Å². The summed E-state index contributed by atoms with van der Waals surface area (Å²) in [5.41, 5.74) is 5.53. The Morgan fingerprint density at radius 3 is 2.50 bits per heavy atom. The van der Waals surface area contributed by atoms with Crippen LogP contribution in [0, 0.1) is 11.6 Å². The summed E-state index contributed by atoms with van der Waals surface area (Å²) < 4.78 is 33.0. The third-order valence-electron chi connectivity index (χ3n) is 3.10. The molecule has 1 aromatic rings. The van der Waals surface area contributed by atoms with Crippen molar-refractivity contribution in [3.63, 3.8) is 0 Å². The number of halogens is 2. The van der Waals surface area contributed by atoms with Crippen LogP contribution < -0.4 is 10.6 Å². The number of hydrogen-bond donors (Lipinski definition) is 1. The summed E-state index contributed by atoms with van der Waals surface area (Å²) in [6.07, 6.45) is 0.769. The summed E-state index contributed by atoms with van der Waals surface area (Å²) in [5.74, 6) is -1.29. The SMILES string of the molecule is COC1CCN(c2c(F)cc(C(N)=S)cc2F)C1. The van der Waals surface area contributed by atoms with E-state index in [1.165, 1.54) is 12.1 Å². The Morgan fingerprint density at radius 2 is 2.06 bits per heavy atom. The van der Waals surface area contributed by atoms with Crippen LogP contribution in [0.5, 0.6) is 0 Å². The van der Waals surface area contributed by atoms with Gasteiger partial charge in [-0.2, -0.15) is 0 Å². The van der Waals surface area contributed by atoms with Crippen LogP contribution in [0.15, 0.2) is 12.1 Å². The Hall–Kier alpha value is -1.27. The van der Waals surface area contributed by atoms with Gasteiger partial charge in [0.2, 0.25) is 0 Å². The van der Waals surface area contributed by atoms with Gasteiger partial charge in [0.1, 0.15) is 22.3 Å². The normalized spacial score (nSPS) is 19.3. The molecule has 1 aromatic carbocycles. The molecular formula is C12H14F2N2OS. The van der Waals surface area contributed by atoms with E-state index in [-0.39, 0.29) is 22.3 Å². The van der Waals surface area contributed by atoms with Crippen LogP contribution in [0.4, 0.5) is 14.5 Å². The quantitative estimate of drug-likeness (QED) is 0.852. The molecule has 0 bridgehead atoms. The molecule has 18 heavy (non-hydrogen) atoms. The number of benzene rings is 1. The van der Waals surface area contributed by atoms with Crippen molar-refractivity contribution in [3.8, 4) is 0 Å². The van der Waals surface area contributed by atoms with Crippen molar-refractivity contribution in [2.45, 2.75) is 12.5 Å². The first-order chi connectivity index (χ1) is 8.52. The number of nitrogens with zero attached hydrogens (tertiary/aromatic N) is 1. The third-order valence-corrected chi connectivity index (χ3v) is 3.33. The van der Waals surface area contributed by atoms with Gasteiger partial charge in [0.05, 0.1) is 6.10 Å². The van der Waals surface area contributed by atoms with Crippen LogP contribution in [-0.4, -0.2) is 31.3 Å². The average molecular weight is 272 g/mol. The van der Waals surface area contributed by atoms with Gasteiger partial charge in [-0.15, -0.1) is 0 Å². The van der Waals surface area contributed by atoms with Gasteiger partial charge in [-0.05, 0) is 18.6 Å². The molecule has 6 heteroatoms. The summed E-state index contributed by atoms with van der Waals surface area (Å²) in [6, 6.07) is 2.34. The van der Waals surface area contributed by atoms with Gasteiger partial charge in [-0.1, -0.05) is 12.2 Å². The molecule has 1 atom stereocenters. The fourth-order valence-corrected chi connectivity index (χ4v) is 2.25. The minimum atomic E-state index is -0.644. The molecule has 3 nitrogen and oxygen atoms in total. The molecular weight excluding hydrogens is 258 g/mol. The number of rotatable bonds is 3. The molecule has 0 radical (unpaired) electrons. The fourth-order valence-electron chi connectivity index (χ4n) is 2.13. The van der Waals surface area contributed by atoms with E-state index in [0.717, 1.165) is 6.42 Å². The van der Waals surface area contributed by atoms with Crippen LogP contribution >= 0.6 is 12.2 Å². The van der Waals surface area contributed by atoms with Gasteiger partial charge in [0.25, 0.3) is 0 Å². The summed E-state index contributed by atoms with van der Waals surface area (Å²) >= 11 is 4.71. The van der Waals surface area contributed by atoms with E-state index in [0.29, 0.717) is 13.1 Å². The molecule has 0 amide bonds. The maximum Gasteiger partial charge on any atom is 0.150 e. The second-order valence-corrected chi connectivity index (χ2v) is 4.68. The number of hydrogen-bond acceptors (Lipinski definition) is 3. The molecule has 98 valence electrons. The first kappa shape index (κ1) is 13.2. The van der Waals surface area contributed by atoms with Crippen molar-refractivity contribution >= 4 is 22.9 Å². The lowest BCUT2D eigenvalue weighted by Gasteiger charge is -2.20. The van der Waals surface area contributed by atoms with E-state index in [1.54, 1.807) is 12.0 Å². The highest BCUT2D eigenvalue weighted by Gasteiger charge is 2.27. The Labute approximate surface area is 110 Å². The third kappa shape index (κ3) is 2.44. The molecule has 1 aliphatic rings. The van der Waals surface area contributed by atoms with Gasteiger partial charge >= 0.3 is 0 Å². The van der Waals surface area contributed by atoms with Gasteiger partial charge < -0.3 is 15.4 Å². The second kappa shape index (κ2) is 5.16. The highest BCUT2D eigenvalue weighted by atomic mass is 32.1. The molecule has 0 spiro atoms. The van der Waals surface area contributed by atoms with Crippen molar-refractivity contribution in [1.29, 1.82) is 0 Å². The molecule has 2 rings (SSSR count). The monoisotopic (exact) mass is 272 g/mol. The fraction of sp³-hybridized carbons (Fsp3) is 0.417. The van der Waals surface area contributed by atoms with Gasteiger partial charge in [0.15, 0.2) is 0 Å². The maximum absolute atomic E-state index is 13.9. The Morgan fingerprint density at radius 1 is 1.44 bits per heavy atom. The van der Waals surface area contributed by atoms with E-state index in [2.05, 4.69) is 0 Å². The van der Waals surface area contributed by atoms with Crippen molar-refractivity contribution in [2.75, 3.05) is 25.1 Å². The molecule has 0 aliphatic carbocycles. The number of thiocarbonyl (C=S) groups is 1. The predicted octanol–water partition coefficient (Wildman–Crippen LogP) is 1.82. The van der Waals surface area contributed by atoms with Crippen LogP contribution in [0.25, 0.3) is 0 Å². The molecule has 1 unspecified atom stereocenters. The van der Waals surface area contributed by atoms with E-state index >= 15 is 0 Å². The lowest BCUT2D eigenvalue weighted by atomic mass is 10.1. The largest absolute Gasteiger partial charge is 0.389 e.